The van der Waals surface area contributed by atoms with Crippen LogP contribution in [0.5, 0.6) is 0 Å². The van der Waals surface area contributed by atoms with Gasteiger partial charge in [-0.15, -0.1) is 0 Å². The zero-order valence-electron chi connectivity index (χ0n) is 16.6. The van der Waals surface area contributed by atoms with E-state index in [4.69, 9.17) is 4.98 Å². The van der Waals surface area contributed by atoms with Gasteiger partial charge in [0.15, 0.2) is 0 Å². The Kier molecular flexibility index (Phi) is 5.63. The van der Waals surface area contributed by atoms with Crippen LogP contribution in [0.4, 0.5) is 0 Å². The Balaban J connectivity index is 1.91. The van der Waals surface area contributed by atoms with Gasteiger partial charge in [-0.1, -0.05) is 13.0 Å². The average molecular weight is 368 g/mol. The molecule has 0 aliphatic carbocycles. The third-order valence-corrected chi connectivity index (χ3v) is 5.17. The van der Waals surface area contributed by atoms with Crippen LogP contribution >= 0.6 is 0 Å². The van der Waals surface area contributed by atoms with Crippen molar-refractivity contribution >= 4 is 11.8 Å². The molecule has 0 bridgehead atoms. The number of imidazole rings is 1. The first-order valence-electron chi connectivity index (χ1n) is 9.63. The molecule has 144 valence electrons. The van der Waals surface area contributed by atoms with Crippen LogP contribution in [0.25, 0.3) is 11.4 Å². The van der Waals surface area contributed by atoms with Gasteiger partial charge >= 0.3 is 0 Å². The predicted octanol–water partition coefficient (Wildman–Crippen LogP) is 2.78. The van der Waals surface area contributed by atoms with Crippen LogP contribution in [0.1, 0.15) is 53.1 Å². The van der Waals surface area contributed by atoms with Crippen LogP contribution < -0.4 is 5.32 Å². The first-order chi connectivity index (χ1) is 12.9. The molecule has 1 aliphatic heterocycles. The molecule has 6 heteroatoms. The van der Waals surface area contributed by atoms with Gasteiger partial charge in [-0.05, 0) is 37.5 Å². The number of H-pyrrole nitrogens is 1. The van der Waals surface area contributed by atoms with Crippen molar-refractivity contribution in [2.45, 2.75) is 47.0 Å². The summed E-state index contributed by atoms with van der Waals surface area (Å²) in [6, 6.07) is 3.98. The summed E-state index contributed by atoms with van der Waals surface area (Å²) < 4.78 is 0. The second-order valence-corrected chi connectivity index (χ2v) is 7.25. The van der Waals surface area contributed by atoms with Gasteiger partial charge in [0.2, 0.25) is 5.91 Å². The Morgan fingerprint density at radius 1 is 1.19 bits per heavy atom. The van der Waals surface area contributed by atoms with Crippen LogP contribution in [-0.4, -0.2) is 46.3 Å². The molecule has 2 amide bonds. The highest BCUT2D eigenvalue weighted by molar-refractivity contribution is 5.97. The Morgan fingerprint density at radius 3 is 2.63 bits per heavy atom. The molecule has 0 radical (unpaired) electrons. The van der Waals surface area contributed by atoms with E-state index in [0.29, 0.717) is 25.2 Å². The smallest absolute Gasteiger partial charge is 0.251 e. The molecule has 1 aliphatic rings. The number of carbonyl (C=O) groups excluding carboxylic acids is 2. The topological polar surface area (TPSA) is 78.1 Å². The number of fused-ring (bicyclic) bond motifs is 1. The quantitative estimate of drug-likeness (QED) is 0.871. The molecular formula is C21H28N4O2. The zero-order valence-corrected chi connectivity index (χ0v) is 16.6. The minimum Gasteiger partial charge on any atom is -0.352 e. The van der Waals surface area contributed by atoms with E-state index in [9.17, 15) is 9.59 Å². The highest BCUT2D eigenvalue weighted by atomic mass is 16.2. The van der Waals surface area contributed by atoms with Gasteiger partial charge in [-0.3, -0.25) is 9.59 Å². The van der Waals surface area contributed by atoms with E-state index in [1.165, 1.54) is 0 Å². The number of hydrogen-bond acceptors (Lipinski definition) is 3. The maximum atomic E-state index is 12.5. The maximum Gasteiger partial charge on any atom is 0.251 e. The number of carbonyl (C=O) groups is 2. The van der Waals surface area contributed by atoms with Gasteiger partial charge < -0.3 is 15.2 Å². The summed E-state index contributed by atoms with van der Waals surface area (Å²) in [5, 5.41) is 2.95. The van der Waals surface area contributed by atoms with Crippen LogP contribution in [-0.2, 0) is 17.6 Å². The van der Waals surface area contributed by atoms with Gasteiger partial charge in [0.1, 0.15) is 5.82 Å². The molecule has 0 saturated carbocycles. The number of amides is 2. The van der Waals surface area contributed by atoms with Crippen molar-refractivity contribution in [3.63, 3.8) is 0 Å². The summed E-state index contributed by atoms with van der Waals surface area (Å²) in [5.41, 5.74) is 5.82. The van der Waals surface area contributed by atoms with Crippen LogP contribution in [0.2, 0.25) is 0 Å². The molecule has 3 rings (SSSR count). The molecule has 0 unspecified atom stereocenters. The third kappa shape index (κ3) is 4.04. The molecule has 27 heavy (non-hydrogen) atoms. The number of aromatic nitrogens is 2. The molecule has 2 aromatic rings. The number of aromatic amines is 1. The summed E-state index contributed by atoms with van der Waals surface area (Å²) >= 11 is 0. The van der Waals surface area contributed by atoms with Crippen molar-refractivity contribution in [1.82, 2.24) is 20.2 Å². The SMILES string of the molecule is CCCNC(=O)c1cc(-c2nc3c([nH]2)CCN(C(C)=O)CC3)c(C)cc1C. The second-order valence-electron chi connectivity index (χ2n) is 7.25. The lowest BCUT2D eigenvalue weighted by atomic mass is 9.99. The highest BCUT2D eigenvalue weighted by Gasteiger charge is 2.21. The van der Waals surface area contributed by atoms with E-state index in [0.717, 1.165) is 53.2 Å². The van der Waals surface area contributed by atoms with Gasteiger partial charge in [0.05, 0.1) is 5.69 Å². The first-order valence-corrected chi connectivity index (χ1v) is 9.63. The Bertz CT molecular complexity index is 844. The predicted molar refractivity (Wildman–Crippen MR) is 106 cm³/mol. The van der Waals surface area contributed by atoms with E-state index < -0.39 is 0 Å². The lowest BCUT2D eigenvalue weighted by Crippen LogP contribution is -2.31. The molecule has 1 aromatic heterocycles. The number of benzene rings is 1. The Labute approximate surface area is 160 Å². The van der Waals surface area contributed by atoms with E-state index in [2.05, 4.69) is 10.3 Å². The normalized spacial score (nSPS) is 13.9. The number of nitrogens with zero attached hydrogens (tertiary/aromatic N) is 2. The molecule has 1 aromatic carbocycles. The summed E-state index contributed by atoms with van der Waals surface area (Å²) in [7, 11) is 0. The van der Waals surface area contributed by atoms with Crippen molar-refractivity contribution < 1.29 is 9.59 Å². The van der Waals surface area contributed by atoms with Gasteiger partial charge in [-0.25, -0.2) is 4.98 Å². The van der Waals surface area contributed by atoms with Crippen molar-refractivity contribution in [2.75, 3.05) is 19.6 Å². The van der Waals surface area contributed by atoms with Crippen LogP contribution in [0.3, 0.4) is 0 Å². The van der Waals surface area contributed by atoms with E-state index in [1.807, 2.05) is 37.8 Å². The highest BCUT2D eigenvalue weighted by Crippen LogP contribution is 2.27. The minimum absolute atomic E-state index is 0.0409. The standard InChI is InChI=1S/C21H28N4O2/c1-5-8-22-21(27)17-12-16(13(2)11-14(17)3)20-23-18-6-9-25(15(4)26)10-7-19(18)24-20/h11-12H,5-10H2,1-4H3,(H,22,27)(H,23,24). The van der Waals surface area contributed by atoms with E-state index >= 15 is 0 Å². The number of hydrogen-bond donors (Lipinski definition) is 2. The van der Waals surface area contributed by atoms with Crippen molar-refractivity contribution in [3.05, 3.63) is 40.2 Å². The minimum atomic E-state index is -0.0409. The molecule has 0 atom stereocenters. The Hall–Kier alpha value is -2.63. The zero-order chi connectivity index (χ0) is 19.6. The van der Waals surface area contributed by atoms with Crippen molar-refractivity contribution in [1.29, 1.82) is 0 Å². The summed E-state index contributed by atoms with van der Waals surface area (Å²) in [5.74, 6) is 0.872. The fourth-order valence-corrected chi connectivity index (χ4v) is 3.59. The molecule has 2 heterocycles. The number of rotatable bonds is 4. The molecule has 0 fully saturated rings. The summed E-state index contributed by atoms with van der Waals surface area (Å²) in [6.07, 6.45) is 2.43. The van der Waals surface area contributed by atoms with Gasteiger partial charge in [-0.2, -0.15) is 0 Å². The van der Waals surface area contributed by atoms with Crippen molar-refractivity contribution in [3.8, 4) is 11.4 Å². The molecule has 6 nitrogen and oxygen atoms in total. The number of aryl methyl sites for hydroxylation is 2. The fraction of sp³-hybridized carbons (Fsp3) is 0.476. The molecular weight excluding hydrogens is 340 g/mol. The van der Waals surface area contributed by atoms with Crippen LogP contribution in [0, 0.1) is 13.8 Å². The average Bonchev–Trinajstić information content (AvgIpc) is 2.91. The lowest BCUT2D eigenvalue weighted by molar-refractivity contribution is -0.128. The van der Waals surface area contributed by atoms with E-state index in [1.54, 1.807) is 6.92 Å². The largest absolute Gasteiger partial charge is 0.352 e. The second kappa shape index (κ2) is 7.94. The lowest BCUT2D eigenvalue weighted by Gasteiger charge is -2.17. The number of nitrogens with one attached hydrogen (secondary N) is 2. The van der Waals surface area contributed by atoms with Crippen LogP contribution in [0.15, 0.2) is 12.1 Å². The van der Waals surface area contributed by atoms with Crippen molar-refractivity contribution in [2.24, 2.45) is 0 Å². The first kappa shape index (κ1) is 19.1. The van der Waals surface area contributed by atoms with Gasteiger partial charge in [0.25, 0.3) is 5.91 Å². The third-order valence-electron chi connectivity index (χ3n) is 5.17. The fourth-order valence-electron chi connectivity index (χ4n) is 3.59. The molecule has 0 saturated heterocycles. The molecule has 0 spiro atoms. The monoisotopic (exact) mass is 368 g/mol. The molecule has 2 N–H and O–H groups in total. The summed E-state index contributed by atoms with van der Waals surface area (Å²) in [4.78, 5) is 34.2. The Morgan fingerprint density at radius 2 is 1.93 bits per heavy atom. The van der Waals surface area contributed by atoms with E-state index in [-0.39, 0.29) is 11.8 Å². The van der Waals surface area contributed by atoms with Gasteiger partial charge in [0, 0.05) is 56.2 Å². The maximum absolute atomic E-state index is 12.5. The summed E-state index contributed by atoms with van der Waals surface area (Å²) in [6.45, 7) is 9.73.